The van der Waals surface area contributed by atoms with E-state index >= 15 is 0 Å². The number of nitrogens with zero attached hydrogens (tertiary/aromatic N) is 1. The molecule has 2 aliphatic heterocycles. The van der Waals surface area contributed by atoms with Crippen LogP contribution >= 0.6 is 12.4 Å². The van der Waals surface area contributed by atoms with Crippen molar-refractivity contribution in [2.45, 2.75) is 18.9 Å². The van der Waals surface area contributed by atoms with Crippen LogP contribution in [0.1, 0.15) is 18.4 Å². The Morgan fingerprint density at radius 1 is 1.35 bits per heavy atom. The number of benzene rings is 1. The van der Waals surface area contributed by atoms with Gasteiger partial charge in [-0.05, 0) is 38.1 Å². The summed E-state index contributed by atoms with van der Waals surface area (Å²) in [4.78, 5) is 14.5. The minimum atomic E-state index is 0. The van der Waals surface area contributed by atoms with Crippen molar-refractivity contribution in [3.05, 3.63) is 29.3 Å². The zero-order chi connectivity index (χ0) is 15.5. The van der Waals surface area contributed by atoms with Gasteiger partial charge in [0.2, 0.25) is 0 Å². The van der Waals surface area contributed by atoms with Crippen LogP contribution in [-0.4, -0.2) is 50.7 Å². The summed E-state index contributed by atoms with van der Waals surface area (Å²) in [6.07, 6.45) is 3.92. The summed E-state index contributed by atoms with van der Waals surface area (Å²) >= 11 is 0. The Hall–Kier alpha value is -1.72. The fraction of sp³-hybridized carbons (Fsp3) is 0.471. The molecule has 23 heavy (non-hydrogen) atoms. The van der Waals surface area contributed by atoms with Gasteiger partial charge in [0.05, 0.1) is 12.7 Å². The van der Waals surface area contributed by atoms with Crippen molar-refractivity contribution in [3.8, 4) is 11.5 Å². The molecular weight excluding hydrogens is 316 g/mol. The molecule has 1 aromatic rings. The number of hydrogen-bond donors (Lipinski definition) is 1. The first kappa shape index (κ1) is 17.6. The van der Waals surface area contributed by atoms with E-state index in [4.69, 9.17) is 9.47 Å². The molecule has 0 unspecified atom stereocenters. The first-order valence-corrected chi connectivity index (χ1v) is 7.69. The SMILES string of the molecule is COc1cccc2c1OCC(C(=O)N(C)C1CCNCC1)=C2.Cl. The Morgan fingerprint density at radius 3 is 2.78 bits per heavy atom. The van der Waals surface area contributed by atoms with Crippen LogP contribution in [0.15, 0.2) is 23.8 Å². The molecule has 1 N–H and O–H groups in total. The lowest BCUT2D eigenvalue weighted by Crippen LogP contribution is -2.45. The second kappa shape index (κ2) is 7.70. The fourth-order valence-corrected chi connectivity index (χ4v) is 3.05. The maximum atomic E-state index is 12.7. The first-order valence-electron chi connectivity index (χ1n) is 7.69. The zero-order valence-electron chi connectivity index (χ0n) is 13.5. The molecular formula is C17H23ClN2O3. The Kier molecular flexibility index (Phi) is 5.91. The van der Waals surface area contributed by atoms with Crippen molar-refractivity contribution in [1.82, 2.24) is 10.2 Å². The van der Waals surface area contributed by atoms with Gasteiger partial charge < -0.3 is 19.7 Å². The van der Waals surface area contributed by atoms with E-state index in [1.807, 2.05) is 36.2 Å². The number of nitrogens with one attached hydrogen (secondary N) is 1. The molecule has 6 heteroatoms. The minimum absolute atomic E-state index is 0. The molecule has 0 bridgehead atoms. The van der Waals surface area contributed by atoms with E-state index in [2.05, 4.69) is 5.32 Å². The standard InChI is InChI=1S/C17H22N2O3.ClH/c1-19(14-6-8-18-9-7-14)17(20)13-10-12-4-3-5-15(21-2)16(12)22-11-13;/h3-5,10,14,18H,6-9,11H2,1-2H3;1H. The van der Waals surface area contributed by atoms with Gasteiger partial charge in [-0.3, -0.25) is 4.79 Å². The highest BCUT2D eigenvalue weighted by atomic mass is 35.5. The third-order valence-electron chi connectivity index (χ3n) is 4.38. The number of halogens is 1. The number of hydrogen-bond acceptors (Lipinski definition) is 4. The van der Waals surface area contributed by atoms with Gasteiger partial charge in [-0.2, -0.15) is 0 Å². The van der Waals surface area contributed by atoms with Crippen LogP contribution in [0.3, 0.4) is 0 Å². The summed E-state index contributed by atoms with van der Waals surface area (Å²) in [7, 11) is 3.51. The van der Waals surface area contributed by atoms with Crippen molar-refractivity contribution in [1.29, 1.82) is 0 Å². The maximum Gasteiger partial charge on any atom is 0.253 e. The van der Waals surface area contributed by atoms with Crippen LogP contribution in [-0.2, 0) is 4.79 Å². The molecule has 0 aromatic heterocycles. The average Bonchev–Trinajstić information content (AvgIpc) is 2.60. The molecule has 2 heterocycles. The largest absolute Gasteiger partial charge is 0.493 e. The van der Waals surface area contributed by atoms with Gasteiger partial charge in [0.15, 0.2) is 11.5 Å². The van der Waals surface area contributed by atoms with Crippen LogP contribution in [0.2, 0.25) is 0 Å². The predicted molar refractivity (Wildman–Crippen MR) is 92.4 cm³/mol. The molecule has 126 valence electrons. The van der Waals surface area contributed by atoms with Gasteiger partial charge in [0, 0.05) is 18.7 Å². The molecule has 0 saturated carbocycles. The number of ether oxygens (including phenoxy) is 2. The monoisotopic (exact) mass is 338 g/mol. The number of carbonyl (C=O) groups is 1. The van der Waals surface area contributed by atoms with Crippen molar-refractivity contribution >= 4 is 24.4 Å². The lowest BCUT2D eigenvalue weighted by molar-refractivity contribution is -0.128. The minimum Gasteiger partial charge on any atom is -0.493 e. The van der Waals surface area contributed by atoms with Crippen molar-refractivity contribution < 1.29 is 14.3 Å². The van der Waals surface area contributed by atoms with Crippen LogP contribution < -0.4 is 14.8 Å². The molecule has 1 amide bonds. The Balaban J connectivity index is 0.00000192. The Labute approximate surface area is 143 Å². The zero-order valence-corrected chi connectivity index (χ0v) is 14.3. The predicted octanol–water partition coefficient (Wildman–Crippen LogP) is 2.10. The van der Waals surface area contributed by atoms with Gasteiger partial charge in [-0.1, -0.05) is 12.1 Å². The quantitative estimate of drug-likeness (QED) is 0.917. The molecule has 0 atom stereocenters. The number of rotatable bonds is 3. The van der Waals surface area contributed by atoms with E-state index in [1.54, 1.807) is 7.11 Å². The Morgan fingerprint density at radius 2 is 2.09 bits per heavy atom. The van der Waals surface area contributed by atoms with E-state index in [9.17, 15) is 4.79 Å². The topological polar surface area (TPSA) is 50.8 Å². The van der Waals surface area contributed by atoms with Gasteiger partial charge in [-0.25, -0.2) is 0 Å². The lowest BCUT2D eigenvalue weighted by atomic mass is 10.0. The number of methoxy groups -OCH3 is 1. The number of fused-ring (bicyclic) bond motifs is 1. The van der Waals surface area contributed by atoms with Gasteiger partial charge in [0.1, 0.15) is 6.61 Å². The van der Waals surface area contributed by atoms with E-state index in [0.29, 0.717) is 29.7 Å². The summed E-state index contributed by atoms with van der Waals surface area (Å²) in [5.41, 5.74) is 1.59. The lowest BCUT2D eigenvalue weighted by Gasteiger charge is -2.33. The molecule has 0 spiro atoms. The van der Waals surface area contributed by atoms with Gasteiger partial charge in [-0.15, -0.1) is 12.4 Å². The molecule has 1 saturated heterocycles. The Bertz CT molecular complexity index is 598. The van der Waals surface area contributed by atoms with Crippen LogP contribution in [0.5, 0.6) is 11.5 Å². The molecule has 0 radical (unpaired) electrons. The van der Waals surface area contributed by atoms with Gasteiger partial charge >= 0.3 is 0 Å². The molecule has 5 nitrogen and oxygen atoms in total. The van der Waals surface area contributed by atoms with Crippen LogP contribution in [0.25, 0.3) is 6.08 Å². The molecule has 2 aliphatic rings. The third-order valence-corrected chi connectivity index (χ3v) is 4.38. The van der Waals surface area contributed by atoms with E-state index in [0.717, 1.165) is 31.5 Å². The summed E-state index contributed by atoms with van der Waals surface area (Å²) < 4.78 is 11.1. The summed E-state index contributed by atoms with van der Waals surface area (Å²) in [6.45, 7) is 2.23. The fourth-order valence-electron chi connectivity index (χ4n) is 3.05. The van der Waals surface area contributed by atoms with Crippen LogP contribution in [0.4, 0.5) is 0 Å². The molecule has 1 aromatic carbocycles. The number of likely N-dealkylation sites (N-methyl/N-ethyl adjacent to an activating group) is 1. The van der Waals surface area contributed by atoms with E-state index in [-0.39, 0.29) is 18.3 Å². The third kappa shape index (κ3) is 3.62. The number of piperidine rings is 1. The average molecular weight is 339 g/mol. The highest BCUT2D eigenvalue weighted by Crippen LogP contribution is 2.35. The van der Waals surface area contributed by atoms with Crippen molar-refractivity contribution in [2.24, 2.45) is 0 Å². The number of amides is 1. The summed E-state index contributed by atoms with van der Waals surface area (Å²) in [5, 5.41) is 3.32. The van der Waals surface area contributed by atoms with E-state index in [1.165, 1.54) is 0 Å². The smallest absolute Gasteiger partial charge is 0.253 e. The van der Waals surface area contributed by atoms with Crippen molar-refractivity contribution in [2.75, 3.05) is 33.9 Å². The molecule has 0 aliphatic carbocycles. The second-order valence-corrected chi connectivity index (χ2v) is 5.73. The molecule has 3 rings (SSSR count). The van der Waals surface area contributed by atoms with Gasteiger partial charge in [0.25, 0.3) is 5.91 Å². The van der Waals surface area contributed by atoms with Crippen molar-refractivity contribution in [3.63, 3.8) is 0 Å². The molecule has 1 fully saturated rings. The van der Waals surface area contributed by atoms with Crippen LogP contribution in [0, 0.1) is 0 Å². The highest BCUT2D eigenvalue weighted by Gasteiger charge is 2.27. The summed E-state index contributed by atoms with van der Waals surface area (Å²) in [6, 6.07) is 6.01. The second-order valence-electron chi connectivity index (χ2n) is 5.73. The normalized spacial score (nSPS) is 17.2. The maximum absolute atomic E-state index is 12.7. The number of carbonyl (C=O) groups excluding carboxylic acids is 1. The summed E-state index contributed by atoms with van der Waals surface area (Å²) in [5.74, 6) is 1.47. The van der Waals surface area contributed by atoms with E-state index < -0.39 is 0 Å². The first-order chi connectivity index (χ1) is 10.7. The highest BCUT2D eigenvalue weighted by molar-refractivity contribution is 5.99. The number of para-hydroxylation sites is 1.